The van der Waals surface area contributed by atoms with E-state index >= 15 is 0 Å². The van der Waals surface area contributed by atoms with Crippen LogP contribution in [0.4, 0.5) is 4.79 Å². The maximum Gasteiger partial charge on any atom is 0.404 e. The monoisotopic (exact) mass is 563 g/mol. The molecule has 9 heteroatoms. The number of piperidine rings is 1. The van der Waals surface area contributed by atoms with Crippen LogP contribution in [0.1, 0.15) is 63.0 Å². The molecule has 1 atom stereocenters. The average molecular weight is 565 g/mol. The Labute approximate surface area is 236 Å². The van der Waals surface area contributed by atoms with Gasteiger partial charge in [0.15, 0.2) is 0 Å². The highest BCUT2D eigenvalue weighted by Crippen LogP contribution is 2.27. The number of likely N-dealkylation sites (tertiary alicyclic amines) is 1. The third kappa shape index (κ3) is 9.68. The van der Waals surface area contributed by atoms with Crippen LogP contribution in [0, 0.1) is 5.92 Å². The molecule has 0 unspecified atom stereocenters. The summed E-state index contributed by atoms with van der Waals surface area (Å²) in [7, 11) is 1.51. The van der Waals surface area contributed by atoms with Gasteiger partial charge in [0.25, 0.3) is 0 Å². The molecule has 0 aliphatic carbocycles. The Morgan fingerprint density at radius 2 is 1.84 bits per heavy atom. The van der Waals surface area contributed by atoms with Gasteiger partial charge in [0.1, 0.15) is 24.7 Å². The highest BCUT2D eigenvalue weighted by Gasteiger charge is 2.24. The zero-order valence-electron chi connectivity index (χ0n) is 22.3. The second-order valence-corrected chi connectivity index (χ2v) is 10.6. The van der Waals surface area contributed by atoms with Gasteiger partial charge in [-0.3, -0.25) is 4.90 Å². The summed E-state index contributed by atoms with van der Waals surface area (Å²) < 4.78 is 11.5. The van der Waals surface area contributed by atoms with Crippen LogP contribution in [-0.2, 0) is 9.57 Å². The molecule has 0 bridgehead atoms. The number of nitrogens with zero attached hydrogens (tertiary/aromatic N) is 2. The van der Waals surface area contributed by atoms with E-state index in [2.05, 4.69) is 17.0 Å². The zero-order valence-corrected chi connectivity index (χ0v) is 23.8. The Morgan fingerprint density at radius 3 is 2.47 bits per heavy atom. The van der Waals surface area contributed by atoms with Gasteiger partial charge in [-0.05, 0) is 75.0 Å². The number of hydrogen-bond donors (Lipinski definition) is 1. The van der Waals surface area contributed by atoms with E-state index in [9.17, 15) is 4.79 Å². The summed E-state index contributed by atoms with van der Waals surface area (Å²) in [5, 5.41) is 5.36. The van der Waals surface area contributed by atoms with Gasteiger partial charge in [-0.25, -0.2) is 4.79 Å². The predicted octanol–water partition coefficient (Wildman–Crippen LogP) is 6.92. The van der Waals surface area contributed by atoms with E-state index < -0.39 is 6.09 Å². The highest BCUT2D eigenvalue weighted by atomic mass is 35.5. The van der Waals surface area contributed by atoms with Crippen LogP contribution >= 0.6 is 23.2 Å². The molecule has 1 aliphatic heterocycles. The van der Waals surface area contributed by atoms with Crippen molar-refractivity contribution < 1.29 is 19.1 Å². The van der Waals surface area contributed by atoms with Crippen LogP contribution in [-0.4, -0.2) is 56.2 Å². The van der Waals surface area contributed by atoms with Gasteiger partial charge in [-0.15, -0.1) is 0 Å². The Hall–Kier alpha value is -2.48. The number of benzene rings is 2. The Bertz CT molecular complexity index is 1040. The van der Waals surface area contributed by atoms with Crippen LogP contribution in [0.15, 0.2) is 47.6 Å². The summed E-state index contributed by atoms with van der Waals surface area (Å²) in [5.74, 6) is 1.17. The highest BCUT2D eigenvalue weighted by molar-refractivity contribution is 6.35. The number of primary amides is 1. The van der Waals surface area contributed by atoms with Crippen molar-refractivity contribution in [2.24, 2.45) is 16.8 Å². The number of rotatable bonds is 14. The van der Waals surface area contributed by atoms with Crippen LogP contribution in [0.2, 0.25) is 10.0 Å². The van der Waals surface area contributed by atoms with Crippen molar-refractivity contribution in [3.63, 3.8) is 0 Å². The fourth-order valence-corrected chi connectivity index (χ4v) is 5.11. The van der Waals surface area contributed by atoms with Crippen LogP contribution in [0.5, 0.6) is 5.75 Å². The number of carbonyl (C=O) groups is 1. The molecular weight excluding hydrogens is 525 g/mol. The van der Waals surface area contributed by atoms with Crippen LogP contribution < -0.4 is 10.5 Å². The van der Waals surface area contributed by atoms with E-state index in [0.717, 1.165) is 68.6 Å². The first kappa shape index (κ1) is 30.1. The van der Waals surface area contributed by atoms with Crippen molar-refractivity contribution in [3.8, 4) is 5.75 Å². The maximum atomic E-state index is 11.3. The molecule has 1 heterocycles. The summed E-state index contributed by atoms with van der Waals surface area (Å²) in [6, 6.07) is 13.0. The lowest BCUT2D eigenvalue weighted by Crippen LogP contribution is -2.41. The summed E-state index contributed by atoms with van der Waals surface area (Å²) in [5.41, 5.74) is 7.53. The minimum atomic E-state index is -0.688. The molecule has 1 fully saturated rings. The topological polar surface area (TPSA) is 86.4 Å². The number of amides is 1. The van der Waals surface area contributed by atoms with Gasteiger partial charge < -0.3 is 20.0 Å². The molecule has 0 aromatic heterocycles. The minimum absolute atomic E-state index is 0.141. The normalized spacial score (nSPS) is 15.7. The molecule has 2 aromatic rings. The molecule has 2 aromatic carbocycles. The van der Waals surface area contributed by atoms with E-state index in [1.165, 1.54) is 20.0 Å². The second kappa shape index (κ2) is 15.8. The molecule has 38 heavy (non-hydrogen) atoms. The molecule has 0 spiro atoms. The number of hydrogen-bond acceptors (Lipinski definition) is 6. The summed E-state index contributed by atoms with van der Waals surface area (Å²) in [6.45, 7) is 5.43. The predicted molar refractivity (Wildman–Crippen MR) is 153 cm³/mol. The molecule has 208 valence electrons. The van der Waals surface area contributed by atoms with Gasteiger partial charge in [0.2, 0.25) is 0 Å². The van der Waals surface area contributed by atoms with E-state index in [1.807, 2.05) is 30.3 Å². The molecule has 3 rings (SSSR count). The van der Waals surface area contributed by atoms with Gasteiger partial charge in [0.05, 0.1) is 11.6 Å². The number of carbonyl (C=O) groups excluding carboxylic acids is 1. The van der Waals surface area contributed by atoms with Gasteiger partial charge in [0, 0.05) is 22.7 Å². The first-order valence-electron chi connectivity index (χ1n) is 13.4. The minimum Gasteiger partial charge on any atom is -0.493 e. The van der Waals surface area contributed by atoms with E-state index in [0.29, 0.717) is 28.3 Å². The lowest BCUT2D eigenvalue weighted by molar-refractivity contribution is 0.0537. The van der Waals surface area contributed by atoms with Crippen molar-refractivity contribution in [3.05, 3.63) is 63.6 Å². The Balaban J connectivity index is 1.50. The van der Waals surface area contributed by atoms with Crippen LogP contribution in [0.3, 0.4) is 0 Å². The summed E-state index contributed by atoms with van der Waals surface area (Å²) >= 11 is 12.7. The number of halogens is 2. The van der Waals surface area contributed by atoms with E-state index in [-0.39, 0.29) is 6.10 Å². The lowest BCUT2D eigenvalue weighted by atomic mass is 9.97. The Morgan fingerprint density at radius 1 is 1.11 bits per heavy atom. The Kier molecular flexibility index (Phi) is 12.5. The molecule has 1 aliphatic rings. The standard InChI is InChI=1S/C29H39Cl2N3O4/c1-3-4-5-6-7-25(38-29(32)35)19-34-16-14-21(15-17-34)20-37-24-12-13-26(27(31)18-24)28(33-36-2)22-8-10-23(30)11-9-22/h8-13,18,21,25H,3-7,14-17,19-20H2,1-2H3,(H2,32,35)/b33-28-/t25-/m0/s1. The number of unbranched alkanes of at least 4 members (excludes halogenated alkanes) is 3. The number of ether oxygens (including phenoxy) is 2. The van der Waals surface area contributed by atoms with Crippen molar-refractivity contribution in [1.29, 1.82) is 0 Å². The fraction of sp³-hybridized carbons (Fsp3) is 0.517. The van der Waals surface area contributed by atoms with Crippen molar-refractivity contribution in [1.82, 2.24) is 4.90 Å². The third-order valence-corrected chi connectivity index (χ3v) is 7.38. The van der Waals surface area contributed by atoms with Gasteiger partial charge in [-0.1, -0.05) is 66.7 Å². The van der Waals surface area contributed by atoms with Crippen molar-refractivity contribution >= 4 is 35.0 Å². The van der Waals surface area contributed by atoms with Crippen LogP contribution in [0.25, 0.3) is 0 Å². The quantitative estimate of drug-likeness (QED) is 0.153. The number of oxime groups is 1. The van der Waals surface area contributed by atoms with Gasteiger partial charge >= 0.3 is 6.09 Å². The lowest BCUT2D eigenvalue weighted by Gasteiger charge is -2.33. The zero-order chi connectivity index (χ0) is 27.3. The van der Waals surface area contributed by atoms with Crippen molar-refractivity contribution in [2.75, 3.05) is 33.4 Å². The average Bonchev–Trinajstić information content (AvgIpc) is 2.90. The van der Waals surface area contributed by atoms with Crippen molar-refractivity contribution in [2.45, 2.75) is 58.0 Å². The molecule has 0 saturated carbocycles. The fourth-order valence-electron chi connectivity index (χ4n) is 4.72. The molecule has 7 nitrogen and oxygen atoms in total. The number of nitrogens with two attached hydrogens (primary N) is 1. The first-order valence-corrected chi connectivity index (χ1v) is 14.1. The second-order valence-electron chi connectivity index (χ2n) is 9.73. The molecule has 2 N–H and O–H groups in total. The molecule has 1 amide bonds. The van der Waals surface area contributed by atoms with E-state index in [1.54, 1.807) is 12.1 Å². The molecular formula is C29H39Cl2N3O4. The summed E-state index contributed by atoms with van der Waals surface area (Å²) in [4.78, 5) is 18.8. The first-order chi connectivity index (χ1) is 18.4. The SMILES string of the molecule is CCCCCC[C@@H](CN1CCC(COc2ccc(/C(=N\OC)c3ccc(Cl)cc3)c(Cl)c2)CC1)OC(N)=O. The molecule has 0 radical (unpaired) electrons. The van der Waals surface area contributed by atoms with E-state index in [4.69, 9.17) is 43.2 Å². The smallest absolute Gasteiger partial charge is 0.404 e. The largest absolute Gasteiger partial charge is 0.493 e. The maximum absolute atomic E-state index is 11.3. The molecule has 1 saturated heterocycles. The van der Waals surface area contributed by atoms with Gasteiger partial charge in [-0.2, -0.15) is 0 Å². The third-order valence-electron chi connectivity index (χ3n) is 6.81. The summed E-state index contributed by atoms with van der Waals surface area (Å²) in [6.07, 6.45) is 6.66.